The van der Waals surface area contributed by atoms with E-state index in [2.05, 4.69) is 22.9 Å². The third kappa shape index (κ3) is 6.22. The lowest BCUT2D eigenvalue weighted by Gasteiger charge is -2.16. The quantitative estimate of drug-likeness (QED) is 0.674. The summed E-state index contributed by atoms with van der Waals surface area (Å²) in [7, 11) is 0. The molecule has 1 aromatic rings. The lowest BCUT2D eigenvalue weighted by molar-refractivity contribution is 0.0107. The van der Waals surface area contributed by atoms with Gasteiger partial charge >= 0.3 is 0 Å². The predicted octanol–water partition coefficient (Wildman–Crippen LogP) is 3.06. The van der Waals surface area contributed by atoms with Crippen molar-refractivity contribution in [2.24, 2.45) is 0 Å². The maximum atomic E-state index is 9.77. The van der Waals surface area contributed by atoms with Gasteiger partial charge in [-0.3, -0.25) is 0 Å². The van der Waals surface area contributed by atoms with Crippen molar-refractivity contribution in [2.75, 3.05) is 19.8 Å². The van der Waals surface area contributed by atoms with Crippen LogP contribution in [0.25, 0.3) is 0 Å². The molecule has 4 nitrogen and oxygen atoms in total. The van der Waals surface area contributed by atoms with Gasteiger partial charge in [-0.25, -0.2) is 0 Å². The van der Waals surface area contributed by atoms with Crippen LogP contribution in [0.2, 0.25) is 0 Å². The van der Waals surface area contributed by atoms with Crippen molar-refractivity contribution in [1.29, 1.82) is 0 Å². The zero-order valence-corrected chi connectivity index (χ0v) is 13.6. The molecule has 0 heterocycles. The molecule has 0 aliphatic carbocycles. The molecule has 1 aromatic carbocycles. The van der Waals surface area contributed by atoms with Crippen molar-refractivity contribution in [3.05, 3.63) is 28.2 Å². The molecule has 0 amide bonds. The van der Waals surface area contributed by atoms with Gasteiger partial charge in [-0.05, 0) is 31.5 Å². The molecule has 0 radical (unpaired) electrons. The van der Waals surface area contributed by atoms with Gasteiger partial charge in [-0.1, -0.05) is 29.3 Å². The number of rotatable bonds is 9. The molecule has 1 rings (SSSR count). The monoisotopic (exact) mass is 346 g/mol. The van der Waals surface area contributed by atoms with Crippen LogP contribution >= 0.6 is 15.9 Å². The van der Waals surface area contributed by atoms with Crippen molar-refractivity contribution in [3.8, 4) is 5.75 Å². The topological polar surface area (TPSA) is 58.9 Å². The number of halogens is 1. The first-order valence-electron chi connectivity index (χ1n) is 6.90. The van der Waals surface area contributed by atoms with Gasteiger partial charge in [0.2, 0.25) is 0 Å². The zero-order chi connectivity index (χ0) is 15.0. The summed E-state index contributed by atoms with van der Waals surface area (Å²) in [5, 5.41) is 19.5. The molecule has 0 saturated carbocycles. The van der Waals surface area contributed by atoms with Crippen LogP contribution in [0.15, 0.2) is 22.7 Å². The summed E-state index contributed by atoms with van der Waals surface area (Å²) >= 11 is 3.36. The normalized spacial score (nSPS) is 14.1. The van der Waals surface area contributed by atoms with Gasteiger partial charge in [0, 0.05) is 16.6 Å². The van der Waals surface area contributed by atoms with Crippen LogP contribution in [-0.4, -0.2) is 36.1 Å². The number of ether oxygens (including phenoxy) is 2. The first kappa shape index (κ1) is 17.4. The van der Waals surface area contributed by atoms with E-state index in [9.17, 15) is 10.2 Å². The summed E-state index contributed by atoms with van der Waals surface area (Å²) in [4.78, 5) is 0. The summed E-state index contributed by atoms with van der Waals surface area (Å²) in [5.41, 5.74) is 0.693. The smallest absolute Gasteiger partial charge is 0.125 e. The van der Waals surface area contributed by atoms with Gasteiger partial charge in [0.1, 0.15) is 18.5 Å². The maximum absolute atomic E-state index is 9.77. The fourth-order valence-corrected chi connectivity index (χ4v) is 2.06. The molecule has 0 aliphatic rings. The summed E-state index contributed by atoms with van der Waals surface area (Å²) in [5.74, 6) is 0.579. The fraction of sp³-hybridized carbons (Fsp3) is 0.600. The van der Waals surface area contributed by atoms with Crippen LogP contribution in [0.5, 0.6) is 5.75 Å². The summed E-state index contributed by atoms with van der Waals surface area (Å²) in [6.07, 6.45) is 0.771. The average Bonchev–Trinajstić information content (AvgIpc) is 2.42. The van der Waals surface area contributed by atoms with Gasteiger partial charge in [0.15, 0.2) is 0 Å². The van der Waals surface area contributed by atoms with E-state index >= 15 is 0 Å². The van der Waals surface area contributed by atoms with Gasteiger partial charge in [-0.2, -0.15) is 0 Å². The number of benzene rings is 1. The minimum Gasteiger partial charge on any atom is -0.490 e. The highest BCUT2D eigenvalue weighted by Crippen LogP contribution is 2.28. The van der Waals surface area contributed by atoms with E-state index in [1.54, 1.807) is 13.0 Å². The molecule has 2 N–H and O–H groups in total. The van der Waals surface area contributed by atoms with E-state index < -0.39 is 12.2 Å². The number of hydrogen-bond acceptors (Lipinski definition) is 4. The number of unbranched alkanes of at least 4 members (excludes halogenated alkanes) is 1. The highest BCUT2D eigenvalue weighted by Gasteiger charge is 2.12. The molecule has 2 unspecified atom stereocenters. The third-order valence-electron chi connectivity index (χ3n) is 2.81. The molecule has 0 aromatic heterocycles. The van der Waals surface area contributed by atoms with E-state index in [-0.39, 0.29) is 13.2 Å². The number of aliphatic hydroxyl groups excluding tert-OH is 2. The predicted molar refractivity (Wildman–Crippen MR) is 82.0 cm³/mol. The highest BCUT2D eigenvalue weighted by molar-refractivity contribution is 9.10. The molecule has 0 aliphatic heterocycles. The molecule has 0 saturated heterocycles. The van der Waals surface area contributed by atoms with E-state index in [4.69, 9.17) is 9.47 Å². The SMILES string of the molecule is CCCCOCC(O)COc1ccc(Br)cc1C(C)O. The molecule has 2 atom stereocenters. The Bertz CT molecular complexity index is 395. The average molecular weight is 347 g/mol. The maximum Gasteiger partial charge on any atom is 0.125 e. The van der Waals surface area contributed by atoms with Gasteiger partial charge in [0.05, 0.1) is 12.7 Å². The first-order valence-corrected chi connectivity index (χ1v) is 7.70. The minimum absolute atomic E-state index is 0.146. The second-order valence-electron chi connectivity index (χ2n) is 4.75. The largest absolute Gasteiger partial charge is 0.490 e. The van der Waals surface area contributed by atoms with Crippen molar-refractivity contribution in [2.45, 2.75) is 38.9 Å². The van der Waals surface area contributed by atoms with Crippen LogP contribution in [0.4, 0.5) is 0 Å². The van der Waals surface area contributed by atoms with E-state index in [0.717, 1.165) is 17.3 Å². The molecule has 114 valence electrons. The van der Waals surface area contributed by atoms with E-state index in [1.807, 2.05) is 12.1 Å². The Morgan fingerprint density at radius 3 is 2.65 bits per heavy atom. The Kier molecular flexibility index (Phi) is 8.14. The van der Waals surface area contributed by atoms with Crippen molar-refractivity contribution < 1.29 is 19.7 Å². The lowest BCUT2D eigenvalue weighted by Crippen LogP contribution is -2.24. The second-order valence-corrected chi connectivity index (χ2v) is 5.67. The molecule has 0 bridgehead atoms. The number of aliphatic hydroxyl groups is 2. The standard InChI is InChI=1S/C15H23BrO4/c1-3-4-7-19-9-13(18)10-20-15-6-5-12(16)8-14(15)11(2)17/h5-6,8,11,13,17-18H,3-4,7,9-10H2,1-2H3. The Morgan fingerprint density at radius 2 is 2.00 bits per heavy atom. The molecule has 20 heavy (non-hydrogen) atoms. The van der Waals surface area contributed by atoms with Crippen molar-refractivity contribution >= 4 is 15.9 Å². The first-order chi connectivity index (χ1) is 9.54. The van der Waals surface area contributed by atoms with E-state index in [1.165, 1.54) is 0 Å². The van der Waals surface area contributed by atoms with Crippen molar-refractivity contribution in [3.63, 3.8) is 0 Å². The highest BCUT2D eigenvalue weighted by atomic mass is 79.9. The fourth-order valence-electron chi connectivity index (χ4n) is 1.68. The summed E-state index contributed by atoms with van der Waals surface area (Å²) in [6.45, 7) is 4.84. The van der Waals surface area contributed by atoms with Crippen LogP contribution < -0.4 is 4.74 Å². The second kappa shape index (κ2) is 9.34. The molecule has 0 fully saturated rings. The Labute approximate surface area is 128 Å². The third-order valence-corrected chi connectivity index (χ3v) is 3.30. The van der Waals surface area contributed by atoms with Gasteiger partial charge < -0.3 is 19.7 Å². The molecule has 5 heteroatoms. The van der Waals surface area contributed by atoms with Gasteiger partial charge in [-0.15, -0.1) is 0 Å². The summed E-state index contributed by atoms with van der Waals surface area (Å²) in [6, 6.07) is 5.42. The molecular formula is C15H23BrO4. The number of hydrogen-bond donors (Lipinski definition) is 2. The Balaban J connectivity index is 2.44. The zero-order valence-electron chi connectivity index (χ0n) is 12.0. The Hall–Kier alpha value is -0.620. The van der Waals surface area contributed by atoms with Crippen LogP contribution in [0.3, 0.4) is 0 Å². The summed E-state index contributed by atoms with van der Waals surface area (Å²) < 4.78 is 11.8. The lowest BCUT2D eigenvalue weighted by atomic mass is 10.1. The van der Waals surface area contributed by atoms with Crippen LogP contribution in [0.1, 0.15) is 38.4 Å². The van der Waals surface area contributed by atoms with E-state index in [0.29, 0.717) is 17.9 Å². The van der Waals surface area contributed by atoms with Crippen LogP contribution in [0, 0.1) is 0 Å². The molecular weight excluding hydrogens is 324 g/mol. The van der Waals surface area contributed by atoms with Crippen molar-refractivity contribution in [1.82, 2.24) is 0 Å². The Morgan fingerprint density at radius 1 is 1.25 bits per heavy atom. The minimum atomic E-state index is -0.669. The molecule has 0 spiro atoms. The van der Waals surface area contributed by atoms with Gasteiger partial charge in [0.25, 0.3) is 0 Å². The van der Waals surface area contributed by atoms with Crippen LogP contribution in [-0.2, 0) is 4.74 Å².